The Labute approximate surface area is 231 Å². The monoisotopic (exact) mass is 533 g/mol. The molecule has 7 heteroatoms. The van der Waals surface area contributed by atoms with Gasteiger partial charge >= 0.3 is 0 Å². The van der Waals surface area contributed by atoms with Gasteiger partial charge in [0.15, 0.2) is 5.58 Å². The third-order valence-corrected chi connectivity index (χ3v) is 8.46. The molecule has 0 spiro atoms. The third kappa shape index (κ3) is 3.12. The number of hydrogen-bond acceptors (Lipinski definition) is 5. The van der Waals surface area contributed by atoms with Crippen LogP contribution in [0.4, 0.5) is 0 Å². The molecule has 9 rings (SSSR count). The van der Waals surface area contributed by atoms with Crippen molar-refractivity contribution >= 4 is 60.5 Å². The first-order valence-electron chi connectivity index (χ1n) is 13.0. The Morgan fingerprint density at radius 1 is 0.575 bits per heavy atom. The zero-order chi connectivity index (χ0) is 26.2. The number of rotatable bonds is 3. The lowest BCUT2D eigenvalue weighted by Gasteiger charge is -2.06. The second-order valence-electron chi connectivity index (χ2n) is 9.80. The lowest BCUT2D eigenvalue weighted by atomic mass is 10.2. The maximum Gasteiger partial charge on any atom is 0.227 e. The fourth-order valence-corrected chi connectivity index (χ4v) is 6.52. The predicted molar refractivity (Wildman–Crippen MR) is 161 cm³/mol. The summed E-state index contributed by atoms with van der Waals surface area (Å²) in [6.07, 6.45) is 0. The smallest absolute Gasteiger partial charge is 0.227 e. The van der Waals surface area contributed by atoms with E-state index in [9.17, 15) is 0 Å². The third-order valence-electron chi connectivity index (χ3n) is 7.40. The van der Waals surface area contributed by atoms with E-state index in [0.717, 1.165) is 71.0 Å². The zero-order valence-corrected chi connectivity index (χ0v) is 21.8. The van der Waals surface area contributed by atoms with Crippen LogP contribution in [0.1, 0.15) is 0 Å². The van der Waals surface area contributed by atoms with E-state index in [0.29, 0.717) is 5.89 Å². The van der Waals surface area contributed by atoms with Crippen LogP contribution in [0.3, 0.4) is 0 Å². The van der Waals surface area contributed by atoms with Crippen LogP contribution in [0, 0.1) is 0 Å². The van der Waals surface area contributed by atoms with Gasteiger partial charge < -0.3 is 4.42 Å². The SMILES string of the molecule is c1ccc(-c2nc3cc4oc(-c5ccc(-n6c7ccccc7n7c8ccccc8nc67)cc5)nc4cc3s2)cc1. The summed E-state index contributed by atoms with van der Waals surface area (Å²) in [4.78, 5) is 14.6. The molecule has 4 heterocycles. The van der Waals surface area contributed by atoms with Gasteiger partial charge in [-0.05, 0) is 54.6 Å². The molecule has 0 aliphatic carbocycles. The second-order valence-corrected chi connectivity index (χ2v) is 10.8. The van der Waals surface area contributed by atoms with Crippen LogP contribution < -0.4 is 0 Å². The minimum Gasteiger partial charge on any atom is -0.436 e. The molecule has 4 aromatic heterocycles. The van der Waals surface area contributed by atoms with Crippen LogP contribution in [0.15, 0.2) is 120 Å². The average molecular weight is 534 g/mol. The maximum atomic E-state index is 6.22. The minimum atomic E-state index is 0.594. The van der Waals surface area contributed by atoms with Gasteiger partial charge in [0.1, 0.15) is 10.5 Å². The Bertz CT molecular complexity index is 2320. The number of para-hydroxylation sites is 4. The molecule has 5 aromatic carbocycles. The highest BCUT2D eigenvalue weighted by molar-refractivity contribution is 7.21. The topological polar surface area (TPSA) is 61.2 Å². The predicted octanol–water partition coefficient (Wildman–Crippen LogP) is 8.52. The van der Waals surface area contributed by atoms with Gasteiger partial charge in [0, 0.05) is 22.9 Å². The van der Waals surface area contributed by atoms with Crippen molar-refractivity contribution in [2.24, 2.45) is 0 Å². The molecule has 0 amide bonds. The van der Waals surface area contributed by atoms with E-state index in [1.54, 1.807) is 11.3 Å². The molecule has 0 atom stereocenters. The van der Waals surface area contributed by atoms with Crippen molar-refractivity contribution in [1.29, 1.82) is 0 Å². The Hall–Kier alpha value is -5.27. The normalized spacial score (nSPS) is 12.0. The first-order chi connectivity index (χ1) is 19.8. The Morgan fingerprint density at radius 2 is 1.32 bits per heavy atom. The number of oxazole rings is 1. The van der Waals surface area contributed by atoms with Gasteiger partial charge in [-0.1, -0.05) is 54.6 Å². The van der Waals surface area contributed by atoms with Gasteiger partial charge in [0.05, 0.1) is 32.3 Å². The summed E-state index contributed by atoms with van der Waals surface area (Å²) < 4.78 is 11.7. The number of aromatic nitrogens is 5. The van der Waals surface area contributed by atoms with Crippen LogP contribution in [0.5, 0.6) is 0 Å². The zero-order valence-electron chi connectivity index (χ0n) is 21.0. The van der Waals surface area contributed by atoms with E-state index in [2.05, 4.69) is 93.9 Å². The summed E-state index contributed by atoms with van der Waals surface area (Å²) in [5.74, 6) is 1.48. The number of nitrogens with zero attached hydrogens (tertiary/aromatic N) is 5. The Balaban J connectivity index is 1.13. The largest absolute Gasteiger partial charge is 0.436 e. The van der Waals surface area contributed by atoms with Crippen LogP contribution in [-0.4, -0.2) is 23.9 Å². The molecule has 0 fully saturated rings. The molecule has 0 radical (unpaired) electrons. The lowest BCUT2D eigenvalue weighted by Crippen LogP contribution is -1.95. The molecule has 188 valence electrons. The molecule has 0 aliphatic rings. The van der Waals surface area contributed by atoms with Gasteiger partial charge in [-0.2, -0.15) is 0 Å². The van der Waals surface area contributed by atoms with Crippen LogP contribution in [0.2, 0.25) is 0 Å². The van der Waals surface area contributed by atoms with Crippen molar-refractivity contribution in [2.75, 3.05) is 0 Å². The maximum absolute atomic E-state index is 6.22. The molecular weight excluding hydrogens is 514 g/mol. The van der Waals surface area contributed by atoms with Gasteiger partial charge in [0.2, 0.25) is 11.7 Å². The molecular formula is C33H19N5OS. The molecule has 9 aromatic rings. The first-order valence-corrected chi connectivity index (χ1v) is 13.9. The number of thiazole rings is 1. The summed E-state index contributed by atoms with van der Waals surface area (Å²) in [5, 5.41) is 0.996. The quantitative estimate of drug-likeness (QED) is 0.228. The van der Waals surface area contributed by atoms with Gasteiger partial charge in [0.25, 0.3) is 0 Å². The first kappa shape index (κ1) is 21.6. The van der Waals surface area contributed by atoms with E-state index in [1.165, 1.54) is 0 Å². The summed E-state index contributed by atoms with van der Waals surface area (Å²) in [6.45, 7) is 0. The van der Waals surface area contributed by atoms with E-state index in [4.69, 9.17) is 19.4 Å². The van der Waals surface area contributed by atoms with E-state index < -0.39 is 0 Å². The molecule has 0 aliphatic heterocycles. The number of fused-ring (bicyclic) bond motifs is 7. The number of benzene rings is 5. The Kier molecular flexibility index (Phi) is 4.39. The molecule has 0 N–H and O–H groups in total. The molecule has 0 unspecified atom stereocenters. The van der Waals surface area contributed by atoms with Crippen molar-refractivity contribution in [1.82, 2.24) is 23.9 Å². The highest BCUT2D eigenvalue weighted by Gasteiger charge is 2.17. The second kappa shape index (κ2) is 8.11. The van der Waals surface area contributed by atoms with E-state index >= 15 is 0 Å². The number of imidazole rings is 2. The van der Waals surface area contributed by atoms with Gasteiger partial charge in [-0.3, -0.25) is 8.97 Å². The Morgan fingerprint density at radius 3 is 2.17 bits per heavy atom. The summed E-state index contributed by atoms with van der Waals surface area (Å²) in [5.41, 5.74) is 9.85. The fraction of sp³-hybridized carbons (Fsp3) is 0. The minimum absolute atomic E-state index is 0.594. The van der Waals surface area contributed by atoms with Crippen molar-refractivity contribution in [2.45, 2.75) is 0 Å². The van der Waals surface area contributed by atoms with Crippen LogP contribution >= 0.6 is 11.3 Å². The molecule has 6 nitrogen and oxygen atoms in total. The summed E-state index contributed by atoms with van der Waals surface area (Å²) in [7, 11) is 0. The molecule has 0 bridgehead atoms. The van der Waals surface area contributed by atoms with E-state index in [1.807, 2.05) is 30.3 Å². The average Bonchev–Trinajstić information content (AvgIpc) is 3.76. The summed E-state index contributed by atoms with van der Waals surface area (Å²) >= 11 is 1.67. The van der Waals surface area contributed by atoms with E-state index in [-0.39, 0.29) is 0 Å². The van der Waals surface area contributed by atoms with Crippen LogP contribution in [-0.2, 0) is 0 Å². The van der Waals surface area contributed by atoms with Crippen molar-refractivity contribution < 1.29 is 4.42 Å². The van der Waals surface area contributed by atoms with Gasteiger partial charge in [-0.15, -0.1) is 11.3 Å². The molecule has 40 heavy (non-hydrogen) atoms. The van der Waals surface area contributed by atoms with Crippen LogP contribution in [0.25, 0.3) is 76.9 Å². The standard InChI is InChI=1S/C33H19N5OS/c1-2-8-21(9-3-1)32-35-25-18-29-24(19-30(25)40-32)34-31(39-29)20-14-16-22(17-15-20)37-27-12-6-7-13-28(27)38-26-11-5-4-10-23(26)36-33(37)38/h1-19H. The highest BCUT2D eigenvalue weighted by Crippen LogP contribution is 2.35. The molecule has 0 saturated heterocycles. The van der Waals surface area contributed by atoms with Crippen molar-refractivity contribution in [3.63, 3.8) is 0 Å². The van der Waals surface area contributed by atoms with Gasteiger partial charge in [-0.25, -0.2) is 15.0 Å². The molecule has 0 saturated carbocycles. The fourth-order valence-electron chi connectivity index (χ4n) is 5.54. The number of hydrogen-bond donors (Lipinski definition) is 0. The highest BCUT2D eigenvalue weighted by atomic mass is 32.1. The van der Waals surface area contributed by atoms with Crippen molar-refractivity contribution in [3.05, 3.63) is 115 Å². The lowest BCUT2D eigenvalue weighted by molar-refractivity contribution is 0.620. The summed E-state index contributed by atoms with van der Waals surface area (Å²) in [6, 6.07) is 39.3. The van der Waals surface area contributed by atoms with Crippen molar-refractivity contribution in [3.8, 4) is 27.7 Å².